The lowest BCUT2D eigenvalue weighted by Crippen LogP contribution is -2.20. The van der Waals surface area contributed by atoms with Gasteiger partial charge < -0.3 is 11.1 Å². The zero-order valence-electron chi connectivity index (χ0n) is 10.7. The van der Waals surface area contributed by atoms with Crippen LogP contribution in [0.1, 0.15) is 17.2 Å². The third-order valence-electron chi connectivity index (χ3n) is 2.92. The van der Waals surface area contributed by atoms with Crippen molar-refractivity contribution < 1.29 is 0 Å². The van der Waals surface area contributed by atoms with E-state index >= 15 is 0 Å². The van der Waals surface area contributed by atoms with Gasteiger partial charge in [0.25, 0.3) is 0 Å². The average molecular weight is 295 g/mol. The summed E-state index contributed by atoms with van der Waals surface area (Å²) < 4.78 is 0. The van der Waals surface area contributed by atoms with Crippen LogP contribution in [0.4, 0.5) is 5.69 Å². The van der Waals surface area contributed by atoms with Crippen LogP contribution in [0.5, 0.6) is 0 Å². The van der Waals surface area contributed by atoms with Gasteiger partial charge in [-0.25, -0.2) is 0 Å². The van der Waals surface area contributed by atoms with Gasteiger partial charge in [0.05, 0.1) is 6.04 Å². The van der Waals surface area contributed by atoms with Crippen LogP contribution in [-0.2, 0) is 0 Å². The molecule has 0 amide bonds. The summed E-state index contributed by atoms with van der Waals surface area (Å²) in [5.41, 5.74) is 9.07. The molecule has 2 nitrogen and oxygen atoms in total. The number of aryl methyl sites for hydroxylation is 1. The van der Waals surface area contributed by atoms with Gasteiger partial charge in [0.15, 0.2) is 0 Å². The Hall–Kier alpha value is -1.22. The highest BCUT2D eigenvalue weighted by Crippen LogP contribution is 2.25. The monoisotopic (exact) mass is 294 g/mol. The topological polar surface area (TPSA) is 38.0 Å². The lowest BCUT2D eigenvalue weighted by molar-refractivity contribution is 0.790. The molecule has 2 rings (SSSR count). The van der Waals surface area contributed by atoms with E-state index in [0.717, 1.165) is 11.3 Å². The Kier molecular flexibility index (Phi) is 4.70. The summed E-state index contributed by atoms with van der Waals surface area (Å²) in [4.78, 5) is 0. The quantitative estimate of drug-likeness (QED) is 0.876. The molecule has 0 saturated carbocycles. The minimum Gasteiger partial charge on any atom is -0.377 e. The van der Waals surface area contributed by atoms with Gasteiger partial charge in [0.1, 0.15) is 0 Å². The van der Waals surface area contributed by atoms with Crippen molar-refractivity contribution in [3.8, 4) is 0 Å². The molecule has 0 heterocycles. The summed E-state index contributed by atoms with van der Waals surface area (Å²) in [6.45, 7) is 2.52. The fraction of sp³-hybridized carbons (Fsp3) is 0.200. The van der Waals surface area contributed by atoms with E-state index in [-0.39, 0.29) is 6.04 Å². The molecule has 100 valence electrons. The molecule has 0 saturated heterocycles. The van der Waals surface area contributed by atoms with E-state index < -0.39 is 0 Å². The number of rotatable bonds is 4. The second-order valence-electron chi connectivity index (χ2n) is 4.50. The van der Waals surface area contributed by atoms with Crippen LogP contribution in [0.2, 0.25) is 10.0 Å². The molecular formula is C15H16Cl2N2. The van der Waals surface area contributed by atoms with E-state index in [9.17, 15) is 0 Å². The second kappa shape index (κ2) is 6.29. The molecule has 4 heteroatoms. The first kappa shape index (κ1) is 14.2. The molecule has 19 heavy (non-hydrogen) atoms. The minimum absolute atomic E-state index is 0.0149. The molecule has 0 aliphatic rings. The Morgan fingerprint density at radius 1 is 1.05 bits per heavy atom. The van der Waals surface area contributed by atoms with Crippen LogP contribution in [0.3, 0.4) is 0 Å². The molecule has 0 fully saturated rings. The van der Waals surface area contributed by atoms with Crippen LogP contribution in [0, 0.1) is 6.92 Å². The highest BCUT2D eigenvalue weighted by molar-refractivity contribution is 6.34. The van der Waals surface area contributed by atoms with Crippen molar-refractivity contribution in [2.24, 2.45) is 5.73 Å². The summed E-state index contributed by atoms with van der Waals surface area (Å²) in [7, 11) is 0. The average Bonchev–Trinajstić information content (AvgIpc) is 2.37. The SMILES string of the molecule is Cc1ccc(NC(CN)c2cc(Cl)cc(Cl)c2)cc1. The van der Waals surface area contributed by atoms with Gasteiger partial charge in [-0.2, -0.15) is 0 Å². The van der Waals surface area contributed by atoms with Crippen LogP contribution < -0.4 is 11.1 Å². The van der Waals surface area contributed by atoms with E-state index in [1.165, 1.54) is 5.56 Å². The number of hydrogen-bond acceptors (Lipinski definition) is 2. The molecular weight excluding hydrogens is 279 g/mol. The van der Waals surface area contributed by atoms with Gasteiger partial charge in [-0.1, -0.05) is 40.9 Å². The molecule has 0 radical (unpaired) electrons. The van der Waals surface area contributed by atoms with Crippen molar-refractivity contribution in [2.45, 2.75) is 13.0 Å². The molecule has 1 atom stereocenters. The summed E-state index contributed by atoms with van der Waals surface area (Å²) >= 11 is 12.0. The number of nitrogens with two attached hydrogens (primary N) is 1. The minimum atomic E-state index is -0.0149. The van der Waals surface area contributed by atoms with Crippen molar-refractivity contribution in [3.63, 3.8) is 0 Å². The lowest BCUT2D eigenvalue weighted by Gasteiger charge is -2.19. The molecule has 0 aliphatic heterocycles. The van der Waals surface area contributed by atoms with Crippen molar-refractivity contribution in [3.05, 3.63) is 63.6 Å². The molecule has 0 aliphatic carbocycles. The number of benzene rings is 2. The first-order valence-electron chi connectivity index (χ1n) is 6.08. The zero-order valence-corrected chi connectivity index (χ0v) is 12.2. The van der Waals surface area contributed by atoms with E-state index in [1.807, 2.05) is 24.3 Å². The van der Waals surface area contributed by atoms with Crippen molar-refractivity contribution in [2.75, 3.05) is 11.9 Å². The standard InChI is InChI=1S/C15H16Cl2N2/c1-10-2-4-14(5-3-10)19-15(9-18)11-6-12(16)8-13(17)7-11/h2-8,15,19H,9,18H2,1H3. The van der Waals surface area contributed by atoms with E-state index in [2.05, 4.69) is 24.4 Å². The van der Waals surface area contributed by atoms with Crippen LogP contribution in [0.15, 0.2) is 42.5 Å². The van der Waals surface area contributed by atoms with Crippen molar-refractivity contribution in [1.82, 2.24) is 0 Å². The van der Waals surface area contributed by atoms with E-state index in [1.54, 1.807) is 6.07 Å². The summed E-state index contributed by atoms with van der Waals surface area (Å²) in [5.74, 6) is 0. The number of halogens is 2. The van der Waals surface area contributed by atoms with E-state index in [4.69, 9.17) is 28.9 Å². The van der Waals surface area contributed by atoms with Crippen molar-refractivity contribution >= 4 is 28.9 Å². The maximum Gasteiger partial charge on any atom is 0.0637 e. The molecule has 1 unspecified atom stereocenters. The summed E-state index contributed by atoms with van der Waals surface area (Å²) in [6.07, 6.45) is 0. The number of hydrogen-bond donors (Lipinski definition) is 2. The molecule has 2 aromatic rings. The maximum atomic E-state index is 6.02. The van der Waals surface area contributed by atoms with Crippen LogP contribution >= 0.6 is 23.2 Å². The first-order chi connectivity index (χ1) is 9.08. The number of anilines is 1. The number of nitrogens with one attached hydrogen (secondary N) is 1. The largest absolute Gasteiger partial charge is 0.377 e. The second-order valence-corrected chi connectivity index (χ2v) is 5.37. The Balaban J connectivity index is 2.22. The Labute approximate surface area is 123 Å². The highest BCUT2D eigenvalue weighted by atomic mass is 35.5. The summed E-state index contributed by atoms with van der Waals surface area (Å²) in [6, 6.07) is 13.6. The van der Waals surface area contributed by atoms with E-state index in [0.29, 0.717) is 16.6 Å². The van der Waals surface area contributed by atoms with Gasteiger partial charge in [-0.3, -0.25) is 0 Å². The third kappa shape index (κ3) is 3.87. The third-order valence-corrected chi connectivity index (χ3v) is 3.35. The van der Waals surface area contributed by atoms with Gasteiger partial charge in [0, 0.05) is 22.3 Å². The normalized spacial score (nSPS) is 12.2. The van der Waals surface area contributed by atoms with Gasteiger partial charge in [-0.15, -0.1) is 0 Å². The first-order valence-corrected chi connectivity index (χ1v) is 6.83. The Morgan fingerprint density at radius 2 is 1.63 bits per heavy atom. The van der Waals surface area contributed by atoms with Crippen LogP contribution in [-0.4, -0.2) is 6.54 Å². The fourth-order valence-corrected chi connectivity index (χ4v) is 2.45. The zero-order chi connectivity index (χ0) is 13.8. The van der Waals surface area contributed by atoms with Gasteiger partial charge >= 0.3 is 0 Å². The highest BCUT2D eigenvalue weighted by Gasteiger charge is 2.11. The predicted octanol–water partition coefficient (Wildman–Crippen LogP) is 4.41. The molecule has 3 N–H and O–H groups in total. The fourth-order valence-electron chi connectivity index (χ4n) is 1.91. The lowest BCUT2D eigenvalue weighted by atomic mass is 10.1. The molecule has 0 aromatic heterocycles. The molecule has 0 bridgehead atoms. The molecule has 2 aromatic carbocycles. The van der Waals surface area contributed by atoms with Gasteiger partial charge in [0.2, 0.25) is 0 Å². The van der Waals surface area contributed by atoms with Crippen LogP contribution in [0.25, 0.3) is 0 Å². The maximum absolute atomic E-state index is 6.02. The Morgan fingerprint density at radius 3 is 2.16 bits per heavy atom. The molecule has 0 spiro atoms. The van der Waals surface area contributed by atoms with Gasteiger partial charge in [-0.05, 0) is 42.8 Å². The Bertz CT molecular complexity index is 532. The smallest absolute Gasteiger partial charge is 0.0637 e. The summed E-state index contributed by atoms with van der Waals surface area (Å²) in [5, 5.41) is 4.62. The predicted molar refractivity (Wildman–Crippen MR) is 83.1 cm³/mol. The van der Waals surface area contributed by atoms with Crippen molar-refractivity contribution in [1.29, 1.82) is 0 Å².